The fourth-order valence-corrected chi connectivity index (χ4v) is 2.93. The van der Waals surface area contributed by atoms with Gasteiger partial charge in [-0.25, -0.2) is 8.78 Å². The third-order valence-electron chi connectivity index (χ3n) is 4.44. The number of carbonyl (C=O) groups is 1. The van der Waals surface area contributed by atoms with Crippen LogP contribution in [0.25, 0.3) is 0 Å². The summed E-state index contributed by atoms with van der Waals surface area (Å²) in [4.78, 5) is 16.3. The molecule has 0 N–H and O–H groups in total. The molecule has 0 aromatic heterocycles. The zero-order valence-corrected chi connectivity index (χ0v) is 13.3. The topological polar surface area (TPSA) is 23.6 Å². The summed E-state index contributed by atoms with van der Waals surface area (Å²) in [7, 11) is 0. The molecule has 122 valence electrons. The van der Waals surface area contributed by atoms with Gasteiger partial charge in [-0.2, -0.15) is 0 Å². The van der Waals surface area contributed by atoms with Crippen LogP contribution in [-0.2, 0) is 11.3 Å². The first-order chi connectivity index (χ1) is 10.6. The van der Waals surface area contributed by atoms with Gasteiger partial charge in [-0.1, -0.05) is 26.0 Å². The van der Waals surface area contributed by atoms with E-state index in [1.165, 1.54) is 6.07 Å². The molecule has 1 aromatic rings. The van der Waals surface area contributed by atoms with Crippen LogP contribution < -0.4 is 0 Å². The Morgan fingerprint density at radius 2 is 1.77 bits per heavy atom. The highest BCUT2D eigenvalue weighted by atomic mass is 19.2. The summed E-state index contributed by atoms with van der Waals surface area (Å²) >= 11 is 0. The molecule has 0 radical (unpaired) electrons. The Bertz CT molecular complexity index is 509. The van der Waals surface area contributed by atoms with Gasteiger partial charge in [0.2, 0.25) is 5.91 Å². The van der Waals surface area contributed by atoms with Crippen molar-refractivity contribution in [2.75, 3.05) is 26.2 Å². The van der Waals surface area contributed by atoms with E-state index in [1.807, 2.05) is 18.7 Å². The quantitative estimate of drug-likeness (QED) is 0.834. The summed E-state index contributed by atoms with van der Waals surface area (Å²) in [5.41, 5.74) is 0.375. The number of piperazine rings is 1. The number of hydrogen-bond acceptors (Lipinski definition) is 2. The van der Waals surface area contributed by atoms with Crippen LogP contribution in [0.3, 0.4) is 0 Å². The number of rotatable bonds is 5. The highest BCUT2D eigenvalue weighted by molar-refractivity contribution is 5.78. The molecule has 1 amide bonds. The molecular weight excluding hydrogens is 286 g/mol. The van der Waals surface area contributed by atoms with Gasteiger partial charge in [0.15, 0.2) is 11.6 Å². The van der Waals surface area contributed by atoms with E-state index < -0.39 is 11.6 Å². The minimum Gasteiger partial charge on any atom is -0.340 e. The number of halogens is 2. The van der Waals surface area contributed by atoms with Gasteiger partial charge in [0.05, 0.1) is 0 Å². The van der Waals surface area contributed by atoms with Crippen LogP contribution >= 0.6 is 0 Å². The average Bonchev–Trinajstić information content (AvgIpc) is 2.53. The second-order valence-electron chi connectivity index (χ2n) is 5.83. The van der Waals surface area contributed by atoms with Crippen LogP contribution in [0.4, 0.5) is 8.78 Å². The third-order valence-corrected chi connectivity index (χ3v) is 4.44. The van der Waals surface area contributed by atoms with Crippen LogP contribution in [-0.4, -0.2) is 41.9 Å². The molecule has 1 aliphatic heterocycles. The first-order valence-corrected chi connectivity index (χ1v) is 8.00. The molecule has 0 aliphatic carbocycles. The van der Waals surface area contributed by atoms with E-state index in [0.717, 1.165) is 18.9 Å². The zero-order chi connectivity index (χ0) is 16.1. The minimum atomic E-state index is -0.806. The Hall–Kier alpha value is -1.49. The summed E-state index contributed by atoms with van der Waals surface area (Å²) < 4.78 is 26.9. The van der Waals surface area contributed by atoms with Crippen LogP contribution in [0.2, 0.25) is 0 Å². The maximum absolute atomic E-state index is 13.7. The predicted octanol–water partition coefficient (Wildman–Crippen LogP) is 3.05. The second-order valence-corrected chi connectivity index (χ2v) is 5.83. The van der Waals surface area contributed by atoms with Crippen molar-refractivity contribution in [1.82, 2.24) is 9.80 Å². The lowest BCUT2D eigenvalue weighted by Gasteiger charge is -2.36. The van der Waals surface area contributed by atoms with Crippen molar-refractivity contribution >= 4 is 5.91 Å². The molecule has 1 aliphatic rings. The van der Waals surface area contributed by atoms with Crippen molar-refractivity contribution in [1.29, 1.82) is 0 Å². The van der Waals surface area contributed by atoms with E-state index in [9.17, 15) is 13.6 Å². The fourth-order valence-electron chi connectivity index (χ4n) is 2.93. The molecule has 0 spiro atoms. The van der Waals surface area contributed by atoms with Gasteiger partial charge in [-0.05, 0) is 18.9 Å². The van der Waals surface area contributed by atoms with E-state index >= 15 is 0 Å². The number of benzene rings is 1. The third kappa shape index (κ3) is 3.83. The van der Waals surface area contributed by atoms with E-state index in [-0.39, 0.29) is 11.8 Å². The van der Waals surface area contributed by atoms with Crippen molar-refractivity contribution in [2.45, 2.75) is 33.2 Å². The van der Waals surface area contributed by atoms with Crippen LogP contribution in [0.15, 0.2) is 18.2 Å². The van der Waals surface area contributed by atoms with Gasteiger partial charge in [0, 0.05) is 44.2 Å². The molecule has 0 saturated carbocycles. The molecule has 2 rings (SSSR count). The van der Waals surface area contributed by atoms with Crippen LogP contribution in [0, 0.1) is 17.6 Å². The molecule has 0 unspecified atom stereocenters. The van der Waals surface area contributed by atoms with Crippen molar-refractivity contribution in [3.05, 3.63) is 35.4 Å². The molecular formula is C17H24F2N2O. The first-order valence-electron chi connectivity index (χ1n) is 8.00. The Balaban J connectivity index is 1.90. The fraction of sp³-hybridized carbons (Fsp3) is 0.588. The molecule has 1 fully saturated rings. The highest BCUT2D eigenvalue weighted by Crippen LogP contribution is 2.17. The van der Waals surface area contributed by atoms with Crippen molar-refractivity contribution in [2.24, 2.45) is 5.92 Å². The lowest BCUT2D eigenvalue weighted by atomic mass is 10.0. The predicted molar refractivity (Wildman–Crippen MR) is 82.3 cm³/mol. The first kappa shape index (κ1) is 16.9. The number of carbonyl (C=O) groups excluding carboxylic acids is 1. The standard InChI is InChI=1S/C17H24F2N2O/c1-3-13(4-2)17(22)21-10-8-20(9-11-21)12-14-6-5-7-15(18)16(14)19/h5-7,13H,3-4,8-12H2,1-2H3. The second kappa shape index (κ2) is 7.68. The summed E-state index contributed by atoms with van der Waals surface area (Å²) in [6, 6.07) is 4.27. The summed E-state index contributed by atoms with van der Waals surface area (Å²) in [5, 5.41) is 0. The van der Waals surface area contributed by atoms with Crippen molar-refractivity contribution < 1.29 is 13.6 Å². The van der Waals surface area contributed by atoms with E-state index in [1.54, 1.807) is 6.07 Å². The Kier molecular flexibility index (Phi) is 5.89. The number of hydrogen-bond donors (Lipinski definition) is 0. The molecule has 1 heterocycles. The zero-order valence-electron chi connectivity index (χ0n) is 13.3. The monoisotopic (exact) mass is 310 g/mol. The lowest BCUT2D eigenvalue weighted by molar-refractivity contribution is -0.137. The van der Waals surface area contributed by atoms with Gasteiger partial charge in [-0.3, -0.25) is 9.69 Å². The maximum atomic E-state index is 13.7. The van der Waals surface area contributed by atoms with Crippen molar-refractivity contribution in [3.63, 3.8) is 0 Å². The number of amides is 1. The summed E-state index contributed by atoms with van der Waals surface area (Å²) in [6.45, 7) is 7.17. The van der Waals surface area contributed by atoms with Crippen molar-refractivity contribution in [3.8, 4) is 0 Å². The Morgan fingerprint density at radius 3 is 2.36 bits per heavy atom. The summed E-state index contributed by atoms with van der Waals surface area (Å²) in [6.07, 6.45) is 1.73. The van der Waals surface area contributed by atoms with E-state index in [2.05, 4.69) is 4.90 Å². The molecule has 3 nitrogen and oxygen atoms in total. The van der Waals surface area contributed by atoms with Gasteiger partial charge in [0.25, 0.3) is 0 Å². The molecule has 1 saturated heterocycles. The summed E-state index contributed by atoms with van der Waals surface area (Å²) in [5.74, 6) is -1.24. The molecule has 0 atom stereocenters. The minimum absolute atomic E-state index is 0.104. The highest BCUT2D eigenvalue weighted by Gasteiger charge is 2.25. The van der Waals surface area contributed by atoms with Gasteiger partial charge in [-0.15, -0.1) is 0 Å². The van der Waals surface area contributed by atoms with Gasteiger partial charge in [0.1, 0.15) is 0 Å². The lowest BCUT2D eigenvalue weighted by Crippen LogP contribution is -2.49. The van der Waals surface area contributed by atoms with Gasteiger partial charge < -0.3 is 4.90 Å². The largest absolute Gasteiger partial charge is 0.340 e. The Labute approximate surface area is 130 Å². The molecule has 1 aromatic carbocycles. The molecule has 22 heavy (non-hydrogen) atoms. The SMILES string of the molecule is CCC(CC)C(=O)N1CCN(Cc2cccc(F)c2F)CC1. The maximum Gasteiger partial charge on any atom is 0.225 e. The normalized spacial score (nSPS) is 16.3. The smallest absolute Gasteiger partial charge is 0.225 e. The molecule has 0 bridgehead atoms. The van der Waals surface area contributed by atoms with Crippen LogP contribution in [0.5, 0.6) is 0 Å². The Morgan fingerprint density at radius 1 is 1.14 bits per heavy atom. The van der Waals surface area contributed by atoms with Crippen LogP contribution in [0.1, 0.15) is 32.3 Å². The average molecular weight is 310 g/mol. The molecule has 5 heteroatoms. The van der Waals surface area contributed by atoms with E-state index in [0.29, 0.717) is 38.3 Å². The van der Waals surface area contributed by atoms with Gasteiger partial charge >= 0.3 is 0 Å². The van der Waals surface area contributed by atoms with E-state index in [4.69, 9.17) is 0 Å². The number of nitrogens with zero attached hydrogens (tertiary/aromatic N) is 2.